The van der Waals surface area contributed by atoms with Gasteiger partial charge in [-0.15, -0.1) is 0 Å². The Bertz CT molecular complexity index is 649. The zero-order valence-electron chi connectivity index (χ0n) is 12.8. The van der Waals surface area contributed by atoms with Gasteiger partial charge in [0.05, 0.1) is 25.3 Å². The topological polar surface area (TPSA) is 39.2 Å². The molecule has 0 saturated heterocycles. The van der Waals surface area contributed by atoms with E-state index in [1.807, 2.05) is 23.9 Å². The second-order valence-corrected chi connectivity index (χ2v) is 6.23. The van der Waals surface area contributed by atoms with Crippen molar-refractivity contribution in [1.29, 1.82) is 0 Å². The molecule has 0 bridgehead atoms. The molecule has 1 aromatic carbocycles. The number of thioether (sulfide) groups is 1. The average molecular weight is 326 g/mol. The van der Waals surface area contributed by atoms with Gasteiger partial charge in [-0.05, 0) is 37.1 Å². The molecule has 0 amide bonds. The van der Waals surface area contributed by atoms with E-state index in [4.69, 9.17) is 21.7 Å². The summed E-state index contributed by atoms with van der Waals surface area (Å²) >= 11 is 7.33. The number of aromatic nitrogens is 2. The lowest BCUT2D eigenvalue weighted by Gasteiger charge is -2.09. The van der Waals surface area contributed by atoms with E-state index >= 15 is 0 Å². The van der Waals surface area contributed by atoms with Crippen LogP contribution in [0.2, 0.25) is 0 Å². The molecule has 0 spiro atoms. The summed E-state index contributed by atoms with van der Waals surface area (Å²) in [6, 6.07) is 3.93. The SMILES string of the molecule is COc1cc2[nH]c(=S)n(CCCCCSC)c2cc1OC. The Kier molecular flexibility index (Phi) is 5.99. The number of H-pyrrole nitrogens is 1. The second-order valence-electron chi connectivity index (χ2n) is 4.86. The first-order chi connectivity index (χ1) is 10.2. The van der Waals surface area contributed by atoms with Crippen LogP contribution in [-0.2, 0) is 6.54 Å². The number of methoxy groups -OCH3 is 2. The lowest BCUT2D eigenvalue weighted by atomic mass is 10.2. The molecule has 0 aliphatic rings. The molecule has 0 radical (unpaired) electrons. The third-order valence-corrected chi connectivity index (χ3v) is 4.53. The predicted molar refractivity (Wildman–Crippen MR) is 92.5 cm³/mol. The highest BCUT2D eigenvalue weighted by Crippen LogP contribution is 2.32. The molecule has 1 N–H and O–H groups in total. The van der Waals surface area contributed by atoms with Crippen LogP contribution in [0, 0.1) is 4.77 Å². The van der Waals surface area contributed by atoms with E-state index in [-0.39, 0.29) is 0 Å². The van der Waals surface area contributed by atoms with Gasteiger partial charge in [0.25, 0.3) is 0 Å². The smallest absolute Gasteiger partial charge is 0.178 e. The number of imidazole rings is 1. The fraction of sp³-hybridized carbons (Fsp3) is 0.533. The van der Waals surface area contributed by atoms with Crippen LogP contribution in [0.5, 0.6) is 11.5 Å². The van der Waals surface area contributed by atoms with Crippen molar-refractivity contribution in [2.45, 2.75) is 25.8 Å². The number of unbranched alkanes of at least 4 members (excludes halogenated alkanes) is 2. The summed E-state index contributed by atoms with van der Waals surface area (Å²) in [6.07, 6.45) is 5.77. The van der Waals surface area contributed by atoms with Crippen molar-refractivity contribution in [2.75, 3.05) is 26.2 Å². The van der Waals surface area contributed by atoms with Gasteiger partial charge in [0.15, 0.2) is 16.3 Å². The molecular formula is C15H22N2O2S2. The van der Waals surface area contributed by atoms with Crippen molar-refractivity contribution in [1.82, 2.24) is 9.55 Å². The van der Waals surface area contributed by atoms with Crippen LogP contribution in [0.1, 0.15) is 19.3 Å². The molecule has 4 nitrogen and oxygen atoms in total. The minimum Gasteiger partial charge on any atom is -0.493 e. The lowest BCUT2D eigenvalue weighted by molar-refractivity contribution is 0.355. The van der Waals surface area contributed by atoms with Crippen molar-refractivity contribution in [3.8, 4) is 11.5 Å². The van der Waals surface area contributed by atoms with E-state index in [1.54, 1.807) is 14.2 Å². The Hall–Kier alpha value is -1.14. The third-order valence-electron chi connectivity index (χ3n) is 3.51. The molecule has 116 valence electrons. The van der Waals surface area contributed by atoms with Crippen molar-refractivity contribution in [2.24, 2.45) is 0 Å². The summed E-state index contributed by atoms with van der Waals surface area (Å²) in [4.78, 5) is 3.24. The molecule has 0 saturated carbocycles. The van der Waals surface area contributed by atoms with E-state index in [1.165, 1.54) is 18.6 Å². The molecule has 6 heteroatoms. The highest BCUT2D eigenvalue weighted by molar-refractivity contribution is 7.98. The van der Waals surface area contributed by atoms with E-state index in [9.17, 15) is 0 Å². The van der Waals surface area contributed by atoms with Crippen LogP contribution in [0.25, 0.3) is 11.0 Å². The minimum absolute atomic E-state index is 0.716. The van der Waals surface area contributed by atoms with Crippen LogP contribution in [0.15, 0.2) is 12.1 Å². The summed E-state index contributed by atoms with van der Waals surface area (Å²) in [5, 5.41) is 0. The van der Waals surface area contributed by atoms with E-state index in [0.717, 1.165) is 34.5 Å². The van der Waals surface area contributed by atoms with Crippen molar-refractivity contribution >= 4 is 35.0 Å². The van der Waals surface area contributed by atoms with Gasteiger partial charge in [0, 0.05) is 18.7 Å². The summed E-state index contributed by atoms with van der Waals surface area (Å²) in [5.74, 6) is 2.67. The molecule has 0 unspecified atom stereocenters. The molecule has 0 fully saturated rings. The van der Waals surface area contributed by atoms with E-state index < -0.39 is 0 Å². The predicted octanol–water partition coefficient (Wildman–Crippen LogP) is 4.25. The van der Waals surface area contributed by atoms with Gasteiger partial charge < -0.3 is 19.0 Å². The number of aryl methyl sites for hydroxylation is 1. The molecule has 0 aliphatic carbocycles. The van der Waals surface area contributed by atoms with Crippen molar-refractivity contribution < 1.29 is 9.47 Å². The summed E-state index contributed by atoms with van der Waals surface area (Å²) in [5.41, 5.74) is 2.06. The Labute approximate surface area is 134 Å². The highest BCUT2D eigenvalue weighted by atomic mass is 32.2. The normalized spacial score (nSPS) is 11.0. The van der Waals surface area contributed by atoms with E-state index in [0.29, 0.717) is 5.75 Å². The first-order valence-electron chi connectivity index (χ1n) is 7.04. The van der Waals surface area contributed by atoms with E-state index in [2.05, 4.69) is 15.8 Å². The maximum atomic E-state index is 5.43. The number of rotatable bonds is 8. The van der Waals surface area contributed by atoms with Gasteiger partial charge in [-0.25, -0.2) is 0 Å². The average Bonchev–Trinajstić information content (AvgIpc) is 2.80. The van der Waals surface area contributed by atoms with Crippen LogP contribution < -0.4 is 9.47 Å². The maximum absolute atomic E-state index is 5.43. The number of nitrogens with one attached hydrogen (secondary N) is 1. The fourth-order valence-corrected chi connectivity index (χ4v) is 3.19. The first kappa shape index (κ1) is 16.2. The Balaban J connectivity index is 2.23. The molecular weight excluding hydrogens is 304 g/mol. The van der Waals surface area contributed by atoms with Gasteiger partial charge >= 0.3 is 0 Å². The zero-order valence-corrected chi connectivity index (χ0v) is 14.4. The number of aromatic amines is 1. The van der Waals surface area contributed by atoms with Crippen LogP contribution in [0.4, 0.5) is 0 Å². The Morgan fingerprint density at radius 3 is 2.52 bits per heavy atom. The number of ether oxygens (including phenoxy) is 2. The molecule has 1 heterocycles. The number of nitrogens with zero attached hydrogens (tertiary/aromatic N) is 1. The Morgan fingerprint density at radius 1 is 1.14 bits per heavy atom. The second kappa shape index (κ2) is 7.75. The number of hydrogen-bond acceptors (Lipinski definition) is 4. The first-order valence-corrected chi connectivity index (χ1v) is 8.85. The van der Waals surface area contributed by atoms with Crippen LogP contribution in [-0.4, -0.2) is 35.8 Å². The standard InChI is InChI=1S/C15H22N2O2S2/c1-18-13-9-11-12(10-14(13)19-2)17(15(20)16-11)7-5-4-6-8-21-3/h9-10H,4-8H2,1-3H3,(H,16,20). The number of benzene rings is 1. The quantitative estimate of drug-likeness (QED) is 0.581. The summed E-state index contributed by atoms with van der Waals surface area (Å²) in [6.45, 7) is 0.933. The van der Waals surface area contributed by atoms with Crippen molar-refractivity contribution in [3.05, 3.63) is 16.9 Å². The van der Waals surface area contributed by atoms with Gasteiger partial charge in [-0.3, -0.25) is 0 Å². The minimum atomic E-state index is 0.716. The lowest BCUT2D eigenvalue weighted by Crippen LogP contribution is -1.99. The fourth-order valence-electron chi connectivity index (χ4n) is 2.40. The molecule has 0 aliphatic heterocycles. The summed E-state index contributed by atoms with van der Waals surface area (Å²) < 4.78 is 13.6. The largest absolute Gasteiger partial charge is 0.493 e. The maximum Gasteiger partial charge on any atom is 0.178 e. The van der Waals surface area contributed by atoms with Gasteiger partial charge in [-0.1, -0.05) is 6.42 Å². The number of hydrogen-bond donors (Lipinski definition) is 1. The Morgan fingerprint density at radius 2 is 1.86 bits per heavy atom. The van der Waals surface area contributed by atoms with Crippen LogP contribution in [0.3, 0.4) is 0 Å². The highest BCUT2D eigenvalue weighted by Gasteiger charge is 2.11. The molecule has 1 aromatic heterocycles. The molecule has 2 rings (SSSR count). The van der Waals surface area contributed by atoms with Gasteiger partial charge in [0.2, 0.25) is 0 Å². The van der Waals surface area contributed by atoms with Gasteiger partial charge in [-0.2, -0.15) is 11.8 Å². The summed E-state index contributed by atoms with van der Waals surface area (Å²) in [7, 11) is 3.29. The number of fused-ring (bicyclic) bond motifs is 1. The third kappa shape index (κ3) is 3.74. The monoisotopic (exact) mass is 326 g/mol. The van der Waals surface area contributed by atoms with Gasteiger partial charge in [0.1, 0.15) is 0 Å². The molecule has 0 atom stereocenters. The zero-order chi connectivity index (χ0) is 15.2. The molecule has 21 heavy (non-hydrogen) atoms. The van der Waals surface area contributed by atoms with Crippen LogP contribution >= 0.6 is 24.0 Å². The van der Waals surface area contributed by atoms with Crippen molar-refractivity contribution in [3.63, 3.8) is 0 Å². The molecule has 2 aromatic rings.